The molecule has 1 saturated heterocycles. The van der Waals surface area contributed by atoms with Crippen molar-refractivity contribution in [3.8, 4) is 0 Å². The van der Waals surface area contributed by atoms with Crippen molar-refractivity contribution in [1.82, 2.24) is 9.13 Å². The molecule has 0 saturated carbocycles. The third-order valence-corrected chi connectivity index (χ3v) is 19.2. The number of benzene rings is 2. The van der Waals surface area contributed by atoms with Crippen LogP contribution in [0.15, 0.2) is 98.6 Å². The maximum atomic E-state index is 14.0. The summed E-state index contributed by atoms with van der Waals surface area (Å²) in [7, 11) is -4.77. The second kappa shape index (κ2) is 14.2. The monoisotopic (exact) mass is 682 g/mol. The topological polar surface area (TPSA) is 80.9 Å². The molecular formula is C35H50N2O6SSi2. The maximum Gasteiger partial charge on any atom is 0.335 e. The highest BCUT2D eigenvalue weighted by Gasteiger charge is 2.53. The summed E-state index contributed by atoms with van der Waals surface area (Å²) in [5.41, 5.74) is -0.0267. The summed E-state index contributed by atoms with van der Waals surface area (Å²) in [6, 6.07) is 21.1. The highest BCUT2D eigenvalue weighted by atomic mass is 32.2. The van der Waals surface area contributed by atoms with E-state index in [2.05, 4.69) is 67.7 Å². The van der Waals surface area contributed by atoms with E-state index >= 15 is 0 Å². The lowest BCUT2D eigenvalue weighted by Gasteiger charge is -2.43. The van der Waals surface area contributed by atoms with E-state index in [-0.39, 0.29) is 23.4 Å². The van der Waals surface area contributed by atoms with Crippen LogP contribution >= 0.6 is 11.8 Å². The van der Waals surface area contributed by atoms with Crippen molar-refractivity contribution in [2.45, 2.75) is 114 Å². The zero-order valence-electron chi connectivity index (χ0n) is 28.9. The molecule has 0 N–H and O–H groups in total. The van der Waals surface area contributed by atoms with E-state index in [9.17, 15) is 9.59 Å². The minimum absolute atomic E-state index is 0.0789. The smallest absolute Gasteiger partial charge is 0.335 e. The Morgan fingerprint density at radius 2 is 1.39 bits per heavy atom. The van der Waals surface area contributed by atoms with Crippen LogP contribution in [-0.4, -0.2) is 38.0 Å². The average Bonchev–Trinajstić information content (AvgIpc) is 3.28. The Morgan fingerprint density at radius 1 is 0.826 bits per heavy atom. The molecule has 0 amide bonds. The first-order chi connectivity index (χ1) is 21.4. The van der Waals surface area contributed by atoms with Gasteiger partial charge in [-0.3, -0.25) is 9.36 Å². The van der Waals surface area contributed by atoms with Crippen molar-refractivity contribution in [3.05, 3.63) is 110 Å². The Morgan fingerprint density at radius 3 is 1.98 bits per heavy atom. The van der Waals surface area contributed by atoms with E-state index in [1.165, 1.54) is 28.6 Å². The molecular weight excluding hydrogens is 633 g/mol. The van der Waals surface area contributed by atoms with Crippen molar-refractivity contribution in [1.29, 1.82) is 0 Å². The molecule has 0 spiro atoms. The Balaban J connectivity index is 1.79. The zero-order valence-corrected chi connectivity index (χ0v) is 31.7. The predicted octanol–water partition coefficient (Wildman–Crippen LogP) is 8.13. The zero-order chi connectivity index (χ0) is 33.9. The molecule has 1 aliphatic heterocycles. The molecule has 3 atom stereocenters. The normalized spacial score (nSPS) is 20.2. The van der Waals surface area contributed by atoms with E-state index in [4.69, 9.17) is 18.3 Å². The quantitative estimate of drug-likeness (QED) is 0.149. The van der Waals surface area contributed by atoms with Gasteiger partial charge in [0.15, 0.2) is 16.6 Å². The van der Waals surface area contributed by atoms with E-state index in [0.29, 0.717) is 5.76 Å². The highest BCUT2D eigenvalue weighted by Crippen LogP contribution is 2.47. The van der Waals surface area contributed by atoms with Gasteiger partial charge in [-0.25, -0.2) is 9.36 Å². The van der Waals surface area contributed by atoms with Crippen LogP contribution in [0.25, 0.3) is 0 Å². The van der Waals surface area contributed by atoms with Crippen molar-refractivity contribution >= 4 is 28.4 Å². The molecule has 8 nitrogen and oxygen atoms in total. The second-order valence-corrected chi connectivity index (χ2v) is 25.3. The number of hydrogen-bond acceptors (Lipinski definition) is 7. The van der Waals surface area contributed by atoms with Crippen molar-refractivity contribution < 1.29 is 18.3 Å². The van der Waals surface area contributed by atoms with E-state index in [1.807, 2.05) is 66.1 Å². The fourth-order valence-electron chi connectivity index (χ4n) is 4.45. The third kappa shape index (κ3) is 8.42. The van der Waals surface area contributed by atoms with Crippen LogP contribution in [0.4, 0.5) is 0 Å². The number of thioether (sulfide) groups is 1. The number of hydrogen-bond donors (Lipinski definition) is 0. The van der Waals surface area contributed by atoms with Crippen LogP contribution in [0, 0.1) is 0 Å². The van der Waals surface area contributed by atoms with Gasteiger partial charge in [-0.1, -0.05) is 102 Å². The molecule has 0 aliphatic carbocycles. The molecule has 0 bridgehead atoms. The summed E-state index contributed by atoms with van der Waals surface area (Å²) >= 11 is 1.54. The van der Waals surface area contributed by atoms with Crippen LogP contribution in [-0.2, 0) is 31.7 Å². The summed E-state index contributed by atoms with van der Waals surface area (Å²) in [5, 5.41) is 1.78. The third-order valence-electron chi connectivity index (χ3n) is 9.34. The van der Waals surface area contributed by atoms with Crippen LogP contribution in [0.3, 0.4) is 0 Å². The lowest BCUT2D eigenvalue weighted by molar-refractivity contribution is -0.00984. The molecule has 250 valence electrons. The summed E-state index contributed by atoms with van der Waals surface area (Å²) in [6.07, 6.45) is -0.550. The Labute approximate surface area is 280 Å². The average molecular weight is 683 g/mol. The molecule has 3 aromatic rings. The van der Waals surface area contributed by atoms with Crippen LogP contribution in [0.5, 0.6) is 0 Å². The van der Waals surface area contributed by atoms with Gasteiger partial charge < -0.3 is 18.3 Å². The minimum Gasteiger partial charge on any atom is -0.468 e. The Hall–Kier alpha value is -2.68. The molecule has 2 heterocycles. The molecule has 46 heavy (non-hydrogen) atoms. The molecule has 2 aromatic carbocycles. The largest absolute Gasteiger partial charge is 0.468 e. The van der Waals surface area contributed by atoms with Gasteiger partial charge >= 0.3 is 5.69 Å². The molecule has 1 aliphatic rings. The fraction of sp³-hybridized carbons (Fsp3) is 0.486. The molecule has 11 heteroatoms. The molecule has 1 aromatic heterocycles. The van der Waals surface area contributed by atoms with Gasteiger partial charge in [0.25, 0.3) is 5.56 Å². The Kier molecular flexibility index (Phi) is 11.2. The predicted molar refractivity (Wildman–Crippen MR) is 191 cm³/mol. The molecule has 0 radical (unpaired) electrons. The summed E-state index contributed by atoms with van der Waals surface area (Å²) in [4.78, 5) is 28.0. The highest BCUT2D eigenvalue weighted by molar-refractivity contribution is 8.02. The van der Waals surface area contributed by atoms with Crippen LogP contribution in [0.1, 0.15) is 53.3 Å². The first-order valence-corrected chi connectivity index (χ1v) is 22.5. The fourth-order valence-corrected chi connectivity index (χ4v) is 7.72. The van der Waals surface area contributed by atoms with E-state index in [0.717, 1.165) is 15.0 Å². The van der Waals surface area contributed by atoms with Crippen molar-refractivity contribution in [2.24, 2.45) is 0 Å². The van der Waals surface area contributed by atoms with Crippen LogP contribution in [0.2, 0.25) is 36.3 Å². The lowest BCUT2D eigenvalue weighted by Crippen LogP contribution is -2.53. The number of aromatic nitrogens is 2. The summed E-state index contributed by atoms with van der Waals surface area (Å²) in [5.74, 6) is 0.609. The van der Waals surface area contributed by atoms with E-state index < -0.39 is 46.3 Å². The van der Waals surface area contributed by atoms with Gasteiger partial charge in [-0.2, -0.15) is 0 Å². The first kappa shape index (κ1) is 36.2. The number of rotatable bonds is 11. The van der Waals surface area contributed by atoms with Gasteiger partial charge in [0.2, 0.25) is 6.23 Å². The van der Waals surface area contributed by atoms with Crippen molar-refractivity contribution in [3.63, 3.8) is 0 Å². The van der Waals surface area contributed by atoms with E-state index in [1.54, 1.807) is 0 Å². The Bertz CT molecular complexity index is 1610. The maximum absolute atomic E-state index is 14.0. The standard InChI is InChI=1S/C35H50N2O6SSi2/c1-34(2,3)45(7,8)42-30-28(24-44-27-19-15-12-16-20-27)41-32(31(30)43-46(9,10)35(4,5)6)36-22-21-29(38)37(33(36)39)25-40-23-26-17-13-11-14-18-26/h11-22,24,30-32H,23,25H2,1-10H3/b28-24-/t30-,31-,32-/m1/s1. The SMILES string of the molecule is CC(C)(C)[Si](C)(C)O[C@@H]1[C@H](O[Si](C)(C)C(C)(C)C)/C(=C/Sc2ccccc2)O[C@H]1n1ccc(=O)n(COCc2ccccc2)c1=O. The van der Waals surface area contributed by atoms with Gasteiger partial charge in [0.05, 0.1) is 6.61 Å². The van der Waals surface area contributed by atoms with Gasteiger partial charge in [-0.05, 0) is 54.0 Å². The minimum atomic E-state index is -2.41. The second-order valence-electron chi connectivity index (χ2n) is 14.8. The number of nitrogens with zero attached hydrogens (tertiary/aromatic N) is 2. The van der Waals surface area contributed by atoms with Crippen molar-refractivity contribution in [2.75, 3.05) is 0 Å². The number of ether oxygens (including phenoxy) is 2. The molecule has 1 fully saturated rings. The first-order valence-electron chi connectivity index (χ1n) is 15.8. The lowest BCUT2D eigenvalue weighted by atomic mass is 10.2. The molecule has 4 rings (SSSR count). The molecule has 0 unspecified atom stereocenters. The van der Waals surface area contributed by atoms with Gasteiger partial charge in [0, 0.05) is 22.6 Å². The summed E-state index contributed by atoms with van der Waals surface area (Å²) in [6.45, 7) is 22.0. The van der Waals surface area contributed by atoms with Gasteiger partial charge in [-0.15, -0.1) is 0 Å². The van der Waals surface area contributed by atoms with Crippen LogP contribution < -0.4 is 11.2 Å². The van der Waals surface area contributed by atoms with Gasteiger partial charge in [0.1, 0.15) is 24.7 Å². The summed E-state index contributed by atoms with van der Waals surface area (Å²) < 4.78 is 29.3.